The number of halogens is 1. The zero-order valence-electron chi connectivity index (χ0n) is 13.9. The van der Waals surface area contributed by atoms with Crippen LogP contribution in [0.4, 0.5) is 11.6 Å². The fourth-order valence-corrected chi connectivity index (χ4v) is 3.76. The highest BCUT2D eigenvalue weighted by molar-refractivity contribution is 7.99. The maximum Gasteiger partial charge on any atom is 0.158 e. The van der Waals surface area contributed by atoms with E-state index in [4.69, 9.17) is 23.1 Å². The molecule has 128 valence electrons. The Morgan fingerprint density at radius 1 is 1.29 bits per heavy atom. The first-order valence-electron chi connectivity index (χ1n) is 7.94. The number of hydrogen-bond acceptors (Lipinski definition) is 6. The number of hydrogen-bond donors (Lipinski definition) is 2. The standard InChI is InChI=1S/C17H22ClN5S/c1-11-3-4-12(18)13(9-11)24-16-15(19)22-14(10-21-16)23-7-5-17(2,20)6-8-23/h3-4,9-10H,5-8,20H2,1-2H3,(H2,19,22). The van der Waals surface area contributed by atoms with Crippen LogP contribution in [0.3, 0.4) is 0 Å². The fraction of sp³-hybridized carbons (Fsp3) is 0.412. The zero-order valence-corrected chi connectivity index (χ0v) is 15.5. The van der Waals surface area contributed by atoms with Gasteiger partial charge in [-0.05, 0) is 44.4 Å². The second-order valence-electron chi connectivity index (χ2n) is 6.60. The minimum absolute atomic E-state index is 0.0901. The number of nitrogen functional groups attached to an aromatic ring is 1. The summed E-state index contributed by atoms with van der Waals surface area (Å²) in [4.78, 5) is 12.1. The van der Waals surface area contributed by atoms with E-state index < -0.39 is 0 Å². The molecule has 7 heteroatoms. The van der Waals surface area contributed by atoms with E-state index in [0.29, 0.717) is 15.9 Å². The van der Waals surface area contributed by atoms with E-state index in [9.17, 15) is 0 Å². The third-order valence-corrected chi connectivity index (χ3v) is 5.78. The highest BCUT2D eigenvalue weighted by Gasteiger charge is 2.26. The molecule has 0 bridgehead atoms. The van der Waals surface area contributed by atoms with Crippen LogP contribution in [-0.4, -0.2) is 28.6 Å². The molecule has 1 aromatic carbocycles. The van der Waals surface area contributed by atoms with E-state index >= 15 is 0 Å². The van der Waals surface area contributed by atoms with Gasteiger partial charge in [-0.15, -0.1) is 0 Å². The lowest BCUT2D eigenvalue weighted by molar-refractivity contribution is 0.363. The largest absolute Gasteiger partial charge is 0.381 e. The van der Waals surface area contributed by atoms with Crippen molar-refractivity contribution in [1.82, 2.24) is 9.97 Å². The molecule has 3 rings (SSSR count). The summed E-state index contributed by atoms with van der Waals surface area (Å²) in [6.07, 6.45) is 3.65. The third kappa shape index (κ3) is 3.94. The predicted molar refractivity (Wildman–Crippen MR) is 101 cm³/mol. The van der Waals surface area contributed by atoms with Gasteiger partial charge in [-0.3, -0.25) is 0 Å². The average Bonchev–Trinajstić information content (AvgIpc) is 2.53. The van der Waals surface area contributed by atoms with E-state index in [1.54, 1.807) is 6.20 Å². The Bertz CT molecular complexity index is 740. The number of nitrogens with zero attached hydrogens (tertiary/aromatic N) is 3. The summed E-state index contributed by atoms with van der Waals surface area (Å²) in [5.74, 6) is 1.24. The van der Waals surface area contributed by atoms with Crippen LogP contribution in [0.2, 0.25) is 5.02 Å². The number of aryl methyl sites for hydroxylation is 1. The van der Waals surface area contributed by atoms with Gasteiger partial charge in [0.25, 0.3) is 0 Å². The lowest BCUT2D eigenvalue weighted by atomic mass is 9.91. The van der Waals surface area contributed by atoms with Gasteiger partial charge in [-0.2, -0.15) is 0 Å². The van der Waals surface area contributed by atoms with Gasteiger partial charge >= 0.3 is 0 Å². The van der Waals surface area contributed by atoms with Crippen molar-refractivity contribution in [3.05, 3.63) is 35.0 Å². The number of benzene rings is 1. The first-order chi connectivity index (χ1) is 11.3. The van der Waals surface area contributed by atoms with Gasteiger partial charge in [-0.25, -0.2) is 9.97 Å². The molecule has 0 aliphatic carbocycles. The Kier molecular flexibility index (Phi) is 4.90. The molecule has 1 aliphatic heterocycles. The zero-order chi connectivity index (χ0) is 17.3. The van der Waals surface area contributed by atoms with Crippen molar-refractivity contribution in [3.8, 4) is 0 Å². The molecule has 0 spiro atoms. The van der Waals surface area contributed by atoms with Gasteiger partial charge in [0.2, 0.25) is 0 Å². The molecule has 1 aromatic heterocycles. The summed E-state index contributed by atoms with van der Waals surface area (Å²) in [7, 11) is 0. The Morgan fingerprint density at radius 2 is 2.00 bits per heavy atom. The summed E-state index contributed by atoms with van der Waals surface area (Å²) >= 11 is 7.69. The number of piperidine rings is 1. The molecule has 2 heterocycles. The quantitative estimate of drug-likeness (QED) is 0.868. The molecule has 1 saturated heterocycles. The van der Waals surface area contributed by atoms with Crippen molar-refractivity contribution in [2.24, 2.45) is 5.73 Å². The highest BCUT2D eigenvalue weighted by atomic mass is 35.5. The SMILES string of the molecule is Cc1ccc(Cl)c(Sc2ncc(N3CCC(C)(N)CC3)nc2N)c1. The van der Waals surface area contributed by atoms with Gasteiger partial charge in [0.05, 0.1) is 11.2 Å². The molecule has 0 amide bonds. The second kappa shape index (κ2) is 6.78. The van der Waals surface area contributed by atoms with E-state index in [-0.39, 0.29) is 5.54 Å². The molecule has 5 nitrogen and oxygen atoms in total. The van der Waals surface area contributed by atoms with E-state index in [0.717, 1.165) is 42.2 Å². The lowest BCUT2D eigenvalue weighted by Gasteiger charge is -2.37. The summed E-state index contributed by atoms with van der Waals surface area (Å²) in [6.45, 7) is 5.87. The second-order valence-corrected chi connectivity index (χ2v) is 8.03. The minimum Gasteiger partial charge on any atom is -0.381 e. The number of anilines is 2. The summed E-state index contributed by atoms with van der Waals surface area (Å²) in [6, 6.07) is 5.88. The molecule has 2 aromatic rings. The molecule has 4 N–H and O–H groups in total. The van der Waals surface area contributed by atoms with Crippen molar-refractivity contribution in [2.75, 3.05) is 23.7 Å². The Hall–Kier alpha value is -1.50. The topological polar surface area (TPSA) is 81.1 Å². The lowest BCUT2D eigenvalue weighted by Crippen LogP contribution is -2.48. The molecule has 0 unspecified atom stereocenters. The average molecular weight is 364 g/mol. The molecule has 0 radical (unpaired) electrons. The van der Waals surface area contributed by atoms with Crippen LogP contribution < -0.4 is 16.4 Å². The van der Waals surface area contributed by atoms with Crippen molar-refractivity contribution >= 4 is 35.0 Å². The first kappa shape index (κ1) is 17.3. The van der Waals surface area contributed by atoms with Gasteiger partial charge in [0, 0.05) is 23.5 Å². The van der Waals surface area contributed by atoms with Crippen LogP contribution in [-0.2, 0) is 0 Å². The van der Waals surface area contributed by atoms with Crippen molar-refractivity contribution < 1.29 is 0 Å². The van der Waals surface area contributed by atoms with Gasteiger partial charge < -0.3 is 16.4 Å². The van der Waals surface area contributed by atoms with Gasteiger partial charge in [0.15, 0.2) is 5.82 Å². The molecule has 0 atom stereocenters. The van der Waals surface area contributed by atoms with E-state index in [1.165, 1.54) is 11.8 Å². The number of aromatic nitrogens is 2. The van der Waals surface area contributed by atoms with Gasteiger partial charge in [-0.1, -0.05) is 29.4 Å². The summed E-state index contributed by atoms with van der Waals surface area (Å²) in [5, 5.41) is 1.36. The maximum atomic E-state index is 6.25. The molecule has 1 aliphatic rings. The van der Waals surface area contributed by atoms with Crippen LogP contribution >= 0.6 is 23.4 Å². The summed E-state index contributed by atoms with van der Waals surface area (Å²) in [5.41, 5.74) is 13.4. The number of rotatable bonds is 3. The third-order valence-electron chi connectivity index (χ3n) is 4.27. The Balaban J connectivity index is 1.77. The van der Waals surface area contributed by atoms with Gasteiger partial charge in [0.1, 0.15) is 10.8 Å². The first-order valence-corrected chi connectivity index (χ1v) is 9.14. The van der Waals surface area contributed by atoms with E-state index in [2.05, 4.69) is 21.8 Å². The van der Waals surface area contributed by atoms with Crippen LogP contribution in [0.1, 0.15) is 25.3 Å². The highest BCUT2D eigenvalue weighted by Crippen LogP contribution is 2.35. The Morgan fingerprint density at radius 3 is 2.67 bits per heavy atom. The van der Waals surface area contributed by atoms with Crippen LogP contribution in [0.25, 0.3) is 0 Å². The molecule has 0 saturated carbocycles. The maximum absolute atomic E-state index is 6.25. The molecular formula is C17H22ClN5S. The van der Waals surface area contributed by atoms with Crippen LogP contribution in [0.5, 0.6) is 0 Å². The number of nitrogens with two attached hydrogens (primary N) is 2. The van der Waals surface area contributed by atoms with Crippen molar-refractivity contribution in [1.29, 1.82) is 0 Å². The Labute approximate surface area is 151 Å². The smallest absolute Gasteiger partial charge is 0.158 e. The van der Waals surface area contributed by atoms with Crippen molar-refractivity contribution in [2.45, 2.75) is 42.1 Å². The monoisotopic (exact) mass is 363 g/mol. The summed E-state index contributed by atoms with van der Waals surface area (Å²) < 4.78 is 0. The van der Waals surface area contributed by atoms with Crippen molar-refractivity contribution in [3.63, 3.8) is 0 Å². The predicted octanol–water partition coefficient (Wildman–Crippen LogP) is 3.49. The molecule has 24 heavy (non-hydrogen) atoms. The normalized spacial score (nSPS) is 17.1. The van der Waals surface area contributed by atoms with E-state index in [1.807, 2.05) is 25.1 Å². The van der Waals surface area contributed by atoms with Crippen LogP contribution in [0.15, 0.2) is 34.3 Å². The molecule has 1 fully saturated rings. The van der Waals surface area contributed by atoms with Crippen LogP contribution in [0, 0.1) is 6.92 Å². The minimum atomic E-state index is -0.0901. The molecular weight excluding hydrogens is 342 g/mol. The fourth-order valence-electron chi connectivity index (χ4n) is 2.65.